The van der Waals surface area contributed by atoms with E-state index < -0.39 is 27.6 Å². The van der Waals surface area contributed by atoms with Crippen molar-refractivity contribution in [3.8, 4) is 0 Å². The van der Waals surface area contributed by atoms with Crippen molar-refractivity contribution < 1.29 is 20.1 Å². The topological polar surface area (TPSA) is 80.9 Å². The maximum absolute atomic E-state index is 9.10. The van der Waals surface area contributed by atoms with Crippen molar-refractivity contribution in [1.82, 2.24) is 0 Å². The minimum absolute atomic E-state index is 0.429. The lowest BCUT2D eigenvalue weighted by Gasteiger charge is -2.10. The fourth-order valence-electron chi connectivity index (χ4n) is 0.831. The summed E-state index contributed by atoms with van der Waals surface area (Å²) in [5.74, 6) is 0. The zero-order valence-corrected chi connectivity index (χ0v) is 6.64. The Morgan fingerprint density at radius 1 is 1.27 bits per heavy atom. The quantitative estimate of drug-likeness (QED) is 0.327. The van der Waals surface area contributed by atoms with Crippen LogP contribution in [0.1, 0.15) is 13.3 Å². The molecule has 0 aliphatic rings. The van der Waals surface area contributed by atoms with Gasteiger partial charge in [0.1, 0.15) is 0 Å². The summed E-state index contributed by atoms with van der Waals surface area (Å²) in [5, 5.41) is 35.4. The van der Waals surface area contributed by atoms with Crippen molar-refractivity contribution in [2.45, 2.75) is 19.7 Å². The zero-order chi connectivity index (χ0) is 8.85. The molecule has 0 bridgehead atoms. The maximum atomic E-state index is 9.10. The minimum atomic E-state index is -1.24. The van der Waals surface area contributed by atoms with Crippen molar-refractivity contribution in [3.63, 3.8) is 0 Å². The van der Waals surface area contributed by atoms with Crippen LogP contribution in [0.3, 0.4) is 0 Å². The van der Waals surface area contributed by atoms with Crippen LogP contribution in [0.25, 0.3) is 0 Å². The van der Waals surface area contributed by atoms with E-state index in [4.69, 9.17) is 20.1 Å². The van der Waals surface area contributed by atoms with E-state index in [9.17, 15) is 0 Å². The molecule has 0 fully saturated rings. The van der Waals surface area contributed by atoms with Gasteiger partial charge in [-0.3, -0.25) is 0 Å². The van der Waals surface area contributed by atoms with E-state index in [1.807, 2.05) is 6.92 Å². The average molecular weight is 155 g/mol. The third-order valence-corrected chi connectivity index (χ3v) is 1.56. The summed E-state index contributed by atoms with van der Waals surface area (Å²) in [6.07, 6.45) is 1.16. The van der Waals surface area contributed by atoms with Crippen LogP contribution in [-0.4, -0.2) is 47.7 Å². The molecule has 0 unspecified atom stereocenters. The largest absolute Gasteiger partial charge is 0.461 e. The Labute approximate surface area is 68.2 Å². The lowest BCUT2D eigenvalue weighted by atomic mass is 8.99. The molecule has 0 saturated carbocycles. The zero-order valence-electron chi connectivity index (χ0n) is 6.64. The molecule has 11 heavy (non-hydrogen) atoms. The molecule has 0 aliphatic carbocycles. The summed E-state index contributed by atoms with van der Waals surface area (Å²) in [6, 6.07) is 0. The van der Waals surface area contributed by atoms with Crippen LogP contribution in [0, 0.1) is 0 Å². The molecule has 0 aromatic rings. The standard InChI is InChI=1S/C3H12B4O4/c1-2-3-5(9)7(11)6(10)4-8/h4,8-11H,2-3H2,1H3. The molecule has 0 heterocycles. The van der Waals surface area contributed by atoms with E-state index in [0.29, 0.717) is 6.32 Å². The van der Waals surface area contributed by atoms with Gasteiger partial charge in [-0.1, -0.05) is 19.7 Å². The predicted octanol–water partition coefficient (Wildman–Crippen LogP) is -2.65. The second-order valence-electron chi connectivity index (χ2n) is 2.60. The molecule has 8 heteroatoms. The smallest absolute Gasteiger partial charge is 0.283 e. The lowest BCUT2D eigenvalue weighted by molar-refractivity contribution is 0.534. The van der Waals surface area contributed by atoms with Crippen LogP contribution >= 0.6 is 0 Å². The summed E-state index contributed by atoms with van der Waals surface area (Å²) in [6.45, 7) is -1.56. The third-order valence-electron chi connectivity index (χ3n) is 1.56. The van der Waals surface area contributed by atoms with E-state index in [2.05, 4.69) is 0 Å². The fraction of sp³-hybridized carbons (Fsp3) is 1.00. The van der Waals surface area contributed by atoms with Gasteiger partial charge >= 0.3 is 0 Å². The molecule has 4 N–H and O–H groups in total. The normalized spacial score (nSPS) is 9.18. The van der Waals surface area contributed by atoms with E-state index in [1.165, 1.54) is 0 Å². The molecule has 0 aliphatic heterocycles. The first kappa shape index (κ1) is 11.1. The molecule has 0 atom stereocenters. The molecule has 0 radical (unpaired) electrons. The van der Waals surface area contributed by atoms with Gasteiger partial charge in [-0.2, -0.15) is 0 Å². The summed E-state index contributed by atoms with van der Waals surface area (Å²) in [7, 11) is -0.526. The Hall–Kier alpha value is 0.0997. The number of hydrogen-bond donors (Lipinski definition) is 4. The summed E-state index contributed by atoms with van der Waals surface area (Å²) in [5.41, 5.74) is 0. The first-order valence-corrected chi connectivity index (χ1v) is 3.78. The van der Waals surface area contributed by atoms with Crippen LogP contribution in [0.5, 0.6) is 0 Å². The van der Waals surface area contributed by atoms with Crippen molar-refractivity contribution in [1.29, 1.82) is 0 Å². The van der Waals surface area contributed by atoms with Crippen molar-refractivity contribution in [2.75, 3.05) is 0 Å². The van der Waals surface area contributed by atoms with Crippen LogP contribution in [-0.2, 0) is 0 Å². The highest BCUT2D eigenvalue weighted by Crippen LogP contribution is 1.97. The molecule has 0 spiro atoms. The van der Waals surface area contributed by atoms with Gasteiger partial charge in [-0.25, -0.2) is 0 Å². The van der Waals surface area contributed by atoms with Gasteiger partial charge in [0.15, 0.2) is 0 Å². The molecular weight excluding hydrogens is 143 g/mol. The van der Waals surface area contributed by atoms with Crippen LogP contribution in [0.2, 0.25) is 6.32 Å². The molecule has 0 aromatic carbocycles. The predicted molar refractivity (Wildman–Crippen MR) is 48.4 cm³/mol. The lowest BCUT2D eigenvalue weighted by Crippen LogP contribution is -2.52. The van der Waals surface area contributed by atoms with Crippen LogP contribution in [0.4, 0.5) is 0 Å². The van der Waals surface area contributed by atoms with E-state index in [0.717, 1.165) is 6.42 Å². The number of hydrogen-bond acceptors (Lipinski definition) is 4. The highest BCUT2D eigenvalue weighted by molar-refractivity contribution is 7.56. The van der Waals surface area contributed by atoms with Crippen molar-refractivity contribution in [3.05, 3.63) is 0 Å². The molecular formula is C3H12B4O4. The molecule has 4 nitrogen and oxygen atoms in total. The van der Waals surface area contributed by atoms with E-state index in [1.54, 1.807) is 0 Å². The van der Waals surface area contributed by atoms with Gasteiger partial charge in [0.25, 0.3) is 27.6 Å². The highest BCUT2D eigenvalue weighted by atomic mass is 16.3. The molecule has 0 amide bonds. The first-order chi connectivity index (χ1) is 5.13. The Kier molecular flexibility index (Phi) is 5.76. The molecule has 60 valence electrons. The average Bonchev–Trinajstić information content (AvgIpc) is 2.02. The van der Waals surface area contributed by atoms with Crippen molar-refractivity contribution >= 4 is 27.6 Å². The monoisotopic (exact) mass is 156 g/mol. The van der Waals surface area contributed by atoms with Gasteiger partial charge in [-0.05, 0) is 0 Å². The van der Waals surface area contributed by atoms with Crippen LogP contribution < -0.4 is 0 Å². The van der Waals surface area contributed by atoms with Gasteiger partial charge in [-0.15, -0.1) is 0 Å². The van der Waals surface area contributed by atoms with Gasteiger partial charge < -0.3 is 20.1 Å². The van der Waals surface area contributed by atoms with Crippen LogP contribution in [0.15, 0.2) is 0 Å². The summed E-state index contributed by atoms with van der Waals surface area (Å²) >= 11 is 0. The first-order valence-electron chi connectivity index (χ1n) is 3.78. The summed E-state index contributed by atoms with van der Waals surface area (Å²) in [4.78, 5) is 0. The van der Waals surface area contributed by atoms with Gasteiger partial charge in [0.2, 0.25) is 0 Å². The molecule has 0 aromatic heterocycles. The summed E-state index contributed by atoms with van der Waals surface area (Å²) < 4.78 is 0. The minimum Gasteiger partial charge on any atom is -0.461 e. The Balaban J connectivity index is 3.70. The van der Waals surface area contributed by atoms with E-state index >= 15 is 0 Å². The molecule has 0 saturated heterocycles. The second-order valence-corrected chi connectivity index (χ2v) is 2.60. The Morgan fingerprint density at radius 3 is 2.18 bits per heavy atom. The third kappa shape index (κ3) is 3.86. The SMILES string of the molecule is CCCB(O)B(O)B(O)BO. The van der Waals surface area contributed by atoms with Gasteiger partial charge in [0.05, 0.1) is 0 Å². The highest BCUT2D eigenvalue weighted by Gasteiger charge is 2.36. The van der Waals surface area contributed by atoms with Gasteiger partial charge in [0, 0.05) is 0 Å². The molecule has 0 rings (SSSR count). The second kappa shape index (κ2) is 5.71. The fourth-order valence-corrected chi connectivity index (χ4v) is 0.831. The van der Waals surface area contributed by atoms with E-state index in [-0.39, 0.29) is 0 Å². The Bertz CT molecular complexity index is 103. The Morgan fingerprint density at radius 2 is 1.82 bits per heavy atom. The van der Waals surface area contributed by atoms with Crippen molar-refractivity contribution in [2.24, 2.45) is 0 Å². The number of rotatable bonds is 5. The maximum Gasteiger partial charge on any atom is 0.283 e.